The van der Waals surface area contributed by atoms with E-state index in [4.69, 9.17) is 9.47 Å². The fourth-order valence-electron chi connectivity index (χ4n) is 4.18. The summed E-state index contributed by atoms with van der Waals surface area (Å²) in [7, 11) is 0. The smallest absolute Gasteiger partial charge is 0.125 e. The third-order valence-electron chi connectivity index (χ3n) is 5.42. The minimum Gasteiger partial charge on any atom is -0.381 e. The van der Waals surface area contributed by atoms with Crippen molar-refractivity contribution in [3.05, 3.63) is 23.8 Å². The maximum absolute atomic E-state index is 6.36. The van der Waals surface area contributed by atoms with E-state index in [2.05, 4.69) is 14.9 Å². The summed E-state index contributed by atoms with van der Waals surface area (Å²) in [5, 5.41) is 0. The van der Waals surface area contributed by atoms with E-state index in [0.29, 0.717) is 18.1 Å². The standard InChI is InChI=1S/C17H25N3O2/c1-12-18-6-2-15(19-12)16-10-13-3-7-20(11-17(13)22-16)14-4-8-21-9-5-14/h2,6,13-14,16-17H,3-5,7-11H2,1H3/t13-,16+,17+/m0/s1. The van der Waals surface area contributed by atoms with Crippen LogP contribution in [0.1, 0.15) is 43.3 Å². The Labute approximate surface area is 132 Å². The molecule has 0 aromatic carbocycles. The summed E-state index contributed by atoms with van der Waals surface area (Å²) < 4.78 is 11.9. The van der Waals surface area contributed by atoms with Gasteiger partial charge in [0.25, 0.3) is 0 Å². The van der Waals surface area contributed by atoms with Crippen LogP contribution in [0.4, 0.5) is 0 Å². The molecule has 0 amide bonds. The Bertz CT molecular complexity index is 518. The Morgan fingerprint density at radius 2 is 2.09 bits per heavy atom. The number of rotatable bonds is 2. The molecule has 1 aromatic heterocycles. The lowest BCUT2D eigenvalue weighted by molar-refractivity contribution is -0.0389. The molecule has 0 unspecified atom stereocenters. The molecule has 0 N–H and O–H groups in total. The van der Waals surface area contributed by atoms with Gasteiger partial charge in [-0.05, 0) is 51.1 Å². The quantitative estimate of drug-likeness (QED) is 0.837. The SMILES string of the molecule is Cc1nccc([C@H]2C[C@@H]3CCN(C4CCOCC4)C[C@H]3O2)n1. The lowest BCUT2D eigenvalue weighted by Gasteiger charge is -2.40. The van der Waals surface area contributed by atoms with Crippen molar-refractivity contribution < 1.29 is 9.47 Å². The van der Waals surface area contributed by atoms with E-state index in [-0.39, 0.29) is 6.10 Å². The number of ether oxygens (including phenoxy) is 2. The lowest BCUT2D eigenvalue weighted by Crippen LogP contribution is -2.49. The molecule has 0 bridgehead atoms. The zero-order chi connectivity index (χ0) is 14.9. The zero-order valence-corrected chi connectivity index (χ0v) is 13.3. The summed E-state index contributed by atoms with van der Waals surface area (Å²) in [6.45, 7) is 6.07. The summed E-state index contributed by atoms with van der Waals surface area (Å²) >= 11 is 0. The highest BCUT2D eigenvalue weighted by Gasteiger charge is 2.41. The average Bonchev–Trinajstić information content (AvgIpc) is 2.99. The van der Waals surface area contributed by atoms with Gasteiger partial charge in [-0.25, -0.2) is 9.97 Å². The average molecular weight is 303 g/mol. The molecule has 3 atom stereocenters. The fourth-order valence-corrected chi connectivity index (χ4v) is 4.18. The molecule has 120 valence electrons. The topological polar surface area (TPSA) is 47.5 Å². The van der Waals surface area contributed by atoms with Crippen molar-refractivity contribution in [1.29, 1.82) is 0 Å². The Hall–Kier alpha value is -1.04. The third kappa shape index (κ3) is 2.90. The number of piperidine rings is 1. The van der Waals surface area contributed by atoms with E-state index >= 15 is 0 Å². The molecule has 0 spiro atoms. The second kappa shape index (κ2) is 6.22. The van der Waals surface area contributed by atoms with E-state index in [9.17, 15) is 0 Å². The van der Waals surface area contributed by atoms with Gasteiger partial charge in [0.05, 0.1) is 11.8 Å². The molecule has 0 radical (unpaired) electrons. The largest absolute Gasteiger partial charge is 0.381 e. The molecule has 3 saturated heterocycles. The minimum absolute atomic E-state index is 0.159. The number of nitrogens with zero attached hydrogens (tertiary/aromatic N) is 3. The maximum Gasteiger partial charge on any atom is 0.125 e. The number of aryl methyl sites for hydroxylation is 1. The van der Waals surface area contributed by atoms with Gasteiger partial charge >= 0.3 is 0 Å². The Balaban J connectivity index is 1.41. The highest BCUT2D eigenvalue weighted by molar-refractivity contribution is 5.08. The van der Waals surface area contributed by atoms with Crippen LogP contribution in [-0.2, 0) is 9.47 Å². The predicted molar refractivity (Wildman–Crippen MR) is 82.5 cm³/mol. The van der Waals surface area contributed by atoms with Gasteiger partial charge in [0, 0.05) is 32.0 Å². The fraction of sp³-hybridized carbons (Fsp3) is 0.765. The van der Waals surface area contributed by atoms with Crippen molar-refractivity contribution >= 4 is 0 Å². The molecule has 5 nitrogen and oxygen atoms in total. The summed E-state index contributed by atoms with van der Waals surface area (Å²) in [6, 6.07) is 2.70. The second-order valence-corrected chi connectivity index (χ2v) is 6.81. The van der Waals surface area contributed by atoms with E-state index in [1.54, 1.807) is 0 Å². The van der Waals surface area contributed by atoms with E-state index < -0.39 is 0 Å². The molecule has 4 rings (SSSR count). The zero-order valence-electron chi connectivity index (χ0n) is 13.3. The molecule has 3 aliphatic heterocycles. The molecular formula is C17H25N3O2. The number of aromatic nitrogens is 2. The van der Waals surface area contributed by atoms with Crippen molar-refractivity contribution in [3.8, 4) is 0 Å². The Morgan fingerprint density at radius 1 is 1.23 bits per heavy atom. The normalized spacial score (nSPS) is 33.8. The molecule has 4 heterocycles. The van der Waals surface area contributed by atoms with Crippen LogP contribution in [0.5, 0.6) is 0 Å². The van der Waals surface area contributed by atoms with E-state index in [0.717, 1.165) is 37.7 Å². The van der Waals surface area contributed by atoms with Gasteiger partial charge in [-0.1, -0.05) is 0 Å². The van der Waals surface area contributed by atoms with Gasteiger partial charge in [0.2, 0.25) is 0 Å². The monoisotopic (exact) mass is 303 g/mol. The highest BCUT2D eigenvalue weighted by Crippen LogP contribution is 2.41. The first-order chi connectivity index (χ1) is 10.8. The van der Waals surface area contributed by atoms with Gasteiger partial charge < -0.3 is 9.47 Å². The summed E-state index contributed by atoms with van der Waals surface area (Å²) in [5.74, 6) is 1.52. The van der Waals surface area contributed by atoms with Gasteiger partial charge in [-0.15, -0.1) is 0 Å². The predicted octanol–water partition coefficient (Wildman–Crippen LogP) is 2.12. The van der Waals surface area contributed by atoms with Crippen LogP contribution in [0.15, 0.2) is 12.3 Å². The van der Waals surface area contributed by atoms with Crippen molar-refractivity contribution in [1.82, 2.24) is 14.9 Å². The van der Waals surface area contributed by atoms with Crippen LogP contribution in [-0.4, -0.2) is 53.3 Å². The van der Waals surface area contributed by atoms with Gasteiger partial charge in [0.15, 0.2) is 0 Å². The highest BCUT2D eigenvalue weighted by atomic mass is 16.5. The Kier molecular flexibility index (Phi) is 4.11. The van der Waals surface area contributed by atoms with Gasteiger partial charge in [-0.3, -0.25) is 4.90 Å². The van der Waals surface area contributed by atoms with Crippen LogP contribution < -0.4 is 0 Å². The first-order valence-corrected chi connectivity index (χ1v) is 8.56. The van der Waals surface area contributed by atoms with Crippen molar-refractivity contribution in [2.45, 2.75) is 50.9 Å². The molecule has 5 heteroatoms. The lowest BCUT2D eigenvalue weighted by atomic mass is 9.89. The second-order valence-electron chi connectivity index (χ2n) is 6.81. The van der Waals surface area contributed by atoms with Crippen LogP contribution >= 0.6 is 0 Å². The van der Waals surface area contributed by atoms with E-state index in [1.807, 2.05) is 19.2 Å². The number of hydrogen-bond donors (Lipinski definition) is 0. The molecule has 3 fully saturated rings. The van der Waals surface area contributed by atoms with Crippen LogP contribution in [0.2, 0.25) is 0 Å². The molecule has 22 heavy (non-hydrogen) atoms. The van der Waals surface area contributed by atoms with Crippen LogP contribution in [0.25, 0.3) is 0 Å². The van der Waals surface area contributed by atoms with Gasteiger partial charge in [-0.2, -0.15) is 0 Å². The molecule has 0 aliphatic carbocycles. The summed E-state index contributed by atoms with van der Waals surface area (Å²) in [5.41, 5.74) is 1.06. The molecule has 0 saturated carbocycles. The van der Waals surface area contributed by atoms with Gasteiger partial charge in [0.1, 0.15) is 11.9 Å². The summed E-state index contributed by atoms with van der Waals surface area (Å²) in [6.07, 6.45) is 7.09. The third-order valence-corrected chi connectivity index (χ3v) is 5.42. The summed E-state index contributed by atoms with van der Waals surface area (Å²) in [4.78, 5) is 11.4. The molecule has 3 aliphatic rings. The van der Waals surface area contributed by atoms with Crippen molar-refractivity contribution in [3.63, 3.8) is 0 Å². The van der Waals surface area contributed by atoms with Crippen LogP contribution in [0.3, 0.4) is 0 Å². The number of hydrogen-bond acceptors (Lipinski definition) is 5. The minimum atomic E-state index is 0.159. The Morgan fingerprint density at radius 3 is 2.91 bits per heavy atom. The van der Waals surface area contributed by atoms with Crippen LogP contribution in [0, 0.1) is 12.8 Å². The number of fused-ring (bicyclic) bond motifs is 1. The molecule has 1 aromatic rings. The number of likely N-dealkylation sites (tertiary alicyclic amines) is 1. The van der Waals surface area contributed by atoms with E-state index in [1.165, 1.54) is 25.8 Å². The molecular weight excluding hydrogens is 278 g/mol. The maximum atomic E-state index is 6.36. The van der Waals surface area contributed by atoms with Crippen molar-refractivity contribution in [2.75, 3.05) is 26.3 Å². The first-order valence-electron chi connectivity index (χ1n) is 8.56. The first kappa shape index (κ1) is 14.5. The van der Waals surface area contributed by atoms with Crippen molar-refractivity contribution in [2.24, 2.45) is 5.92 Å².